The van der Waals surface area contributed by atoms with E-state index in [2.05, 4.69) is 15.6 Å². The first kappa shape index (κ1) is 21.4. The van der Waals surface area contributed by atoms with Gasteiger partial charge in [0, 0.05) is 24.4 Å². The number of carbonyl (C=O) groups is 2. The first-order chi connectivity index (χ1) is 13.4. The molecule has 2 rings (SSSR count). The second kappa shape index (κ2) is 10.4. The van der Waals surface area contributed by atoms with E-state index in [4.69, 9.17) is 0 Å². The Morgan fingerprint density at radius 2 is 2.14 bits per heavy atom. The maximum Gasteiger partial charge on any atom is 0.271 e. The Kier molecular flexibility index (Phi) is 7.96. The number of hydrogen-bond acceptors (Lipinski definition) is 7. The Morgan fingerprint density at radius 1 is 1.36 bits per heavy atom. The molecule has 1 aromatic carbocycles. The second-order valence-electron chi connectivity index (χ2n) is 5.77. The number of anilines is 1. The molecule has 0 saturated carbocycles. The Balaban J connectivity index is 1.99. The summed E-state index contributed by atoms with van der Waals surface area (Å²) in [6.45, 7) is 2.20. The molecule has 0 spiro atoms. The van der Waals surface area contributed by atoms with Crippen molar-refractivity contribution in [3.8, 4) is 0 Å². The minimum absolute atomic E-state index is 0.00920. The number of rotatable bonds is 10. The number of nitrogens with zero attached hydrogens (tertiary/aromatic N) is 3. The van der Waals surface area contributed by atoms with Crippen LogP contribution in [0.25, 0.3) is 0 Å². The molecule has 28 heavy (non-hydrogen) atoms. The van der Waals surface area contributed by atoms with Gasteiger partial charge in [0.15, 0.2) is 5.16 Å². The van der Waals surface area contributed by atoms with Gasteiger partial charge in [-0.05, 0) is 12.5 Å². The highest BCUT2D eigenvalue weighted by molar-refractivity contribution is 7.99. The first-order valence-corrected chi connectivity index (χ1v) is 9.52. The third kappa shape index (κ3) is 6.06. The summed E-state index contributed by atoms with van der Waals surface area (Å²) in [4.78, 5) is 38.5. The highest BCUT2D eigenvalue weighted by Gasteiger charge is 2.15. The van der Waals surface area contributed by atoms with Crippen molar-refractivity contribution < 1.29 is 19.6 Å². The van der Waals surface area contributed by atoms with E-state index >= 15 is 0 Å². The second-order valence-corrected chi connectivity index (χ2v) is 6.71. The summed E-state index contributed by atoms with van der Waals surface area (Å²) < 4.78 is 1.55. The molecule has 150 valence electrons. The largest absolute Gasteiger partial charge is 0.390 e. The van der Waals surface area contributed by atoms with E-state index in [-0.39, 0.29) is 36.4 Å². The molecule has 0 radical (unpaired) electrons. The number of thioether (sulfide) groups is 1. The van der Waals surface area contributed by atoms with E-state index in [0.717, 1.165) is 18.2 Å². The first-order valence-electron chi connectivity index (χ1n) is 8.53. The number of carbonyl (C=O) groups excluding carboxylic acids is 2. The number of non-ortho nitro benzene ring substituents is 1. The van der Waals surface area contributed by atoms with Gasteiger partial charge in [-0.1, -0.05) is 24.8 Å². The van der Waals surface area contributed by atoms with Crippen molar-refractivity contribution in [3.05, 3.63) is 46.3 Å². The molecule has 11 heteroatoms. The number of aromatic nitrogens is 2. The summed E-state index contributed by atoms with van der Waals surface area (Å²) in [6, 6.07) is 5.64. The van der Waals surface area contributed by atoms with Gasteiger partial charge in [0.25, 0.3) is 5.69 Å². The number of hydrogen-bond donors (Lipinski definition) is 3. The lowest BCUT2D eigenvalue weighted by atomic mass is 10.3. The summed E-state index contributed by atoms with van der Waals surface area (Å²) in [5.41, 5.74) is 0.665. The van der Waals surface area contributed by atoms with Gasteiger partial charge in [-0.15, -0.1) is 0 Å². The van der Waals surface area contributed by atoms with Crippen molar-refractivity contribution in [3.63, 3.8) is 0 Å². The monoisotopic (exact) mass is 407 g/mol. The average molecular weight is 407 g/mol. The van der Waals surface area contributed by atoms with Crippen molar-refractivity contribution >= 4 is 35.0 Å². The number of nitrogens with one attached hydrogen (secondary N) is 2. The van der Waals surface area contributed by atoms with E-state index < -0.39 is 4.92 Å². The van der Waals surface area contributed by atoms with E-state index in [9.17, 15) is 24.8 Å². The van der Waals surface area contributed by atoms with E-state index in [0.29, 0.717) is 23.1 Å². The van der Waals surface area contributed by atoms with Gasteiger partial charge in [0.05, 0.1) is 29.2 Å². The van der Waals surface area contributed by atoms with Crippen LogP contribution >= 0.6 is 11.8 Å². The fraction of sp³-hybridized carbons (Fsp3) is 0.353. The Morgan fingerprint density at radius 3 is 2.82 bits per heavy atom. The molecule has 0 fully saturated rings. The molecular weight excluding hydrogens is 386 g/mol. The highest BCUT2D eigenvalue weighted by atomic mass is 32.2. The maximum atomic E-state index is 12.2. The molecule has 2 amide bonds. The third-order valence-electron chi connectivity index (χ3n) is 3.61. The SMILES string of the molecule is CCCNC(=O)Cn1c(CO)cnc1SCC(=O)Nc1cccc([N+](=O)[O-])c1. The molecule has 0 aliphatic heterocycles. The van der Waals surface area contributed by atoms with Crippen molar-refractivity contribution in [2.24, 2.45) is 0 Å². The lowest BCUT2D eigenvalue weighted by Crippen LogP contribution is -2.29. The van der Waals surface area contributed by atoms with Crippen molar-refractivity contribution in [2.45, 2.75) is 31.7 Å². The standard InChI is InChI=1S/C17H21N5O5S/c1-2-6-18-15(24)9-21-14(10-23)8-19-17(21)28-11-16(25)20-12-4-3-5-13(7-12)22(26)27/h3-5,7-8,23H,2,6,9-11H2,1H3,(H,18,24)(H,20,25). The molecule has 0 aliphatic rings. The fourth-order valence-electron chi connectivity index (χ4n) is 2.29. The minimum atomic E-state index is -0.540. The molecular formula is C17H21N5O5S. The van der Waals surface area contributed by atoms with Gasteiger partial charge >= 0.3 is 0 Å². The third-order valence-corrected chi connectivity index (χ3v) is 4.60. The molecule has 1 aromatic heterocycles. The summed E-state index contributed by atoms with van der Waals surface area (Å²) in [5, 5.41) is 26.0. The number of nitro benzene ring substituents is 1. The van der Waals surface area contributed by atoms with Crippen molar-refractivity contribution in [2.75, 3.05) is 17.6 Å². The number of aliphatic hydroxyl groups is 1. The zero-order valence-corrected chi connectivity index (χ0v) is 16.1. The zero-order valence-electron chi connectivity index (χ0n) is 15.3. The summed E-state index contributed by atoms with van der Waals surface area (Å²) >= 11 is 1.10. The van der Waals surface area contributed by atoms with Crippen LogP contribution in [0, 0.1) is 10.1 Å². The van der Waals surface area contributed by atoms with E-state index in [1.54, 1.807) is 10.6 Å². The van der Waals surface area contributed by atoms with Crippen LogP contribution in [-0.2, 0) is 22.7 Å². The van der Waals surface area contributed by atoms with Crippen LogP contribution in [0.3, 0.4) is 0 Å². The van der Waals surface area contributed by atoms with Gasteiger partial charge in [0.2, 0.25) is 11.8 Å². The van der Waals surface area contributed by atoms with Gasteiger partial charge in [0.1, 0.15) is 6.54 Å². The van der Waals surface area contributed by atoms with E-state index in [1.165, 1.54) is 24.4 Å². The average Bonchev–Trinajstić information content (AvgIpc) is 3.06. The van der Waals surface area contributed by atoms with Gasteiger partial charge in [-0.2, -0.15) is 0 Å². The normalized spacial score (nSPS) is 10.5. The van der Waals surface area contributed by atoms with Crippen LogP contribution in [-0.4, -0.2) is 43.7 Å². The maximum absolute atomic E-state index is 12.2. The molecule has 0 bridgehead atoms. The molecule has 3 N–H and O–H groups in total. The molecule has 0 aliphatic carbocycles. The minimum Gasteiger partial charge on any atom is -0.390 e. The quantitative estimate of drug-likeness (QED) is 0.308. The number of amides is 2. The predicted molar refractivity (Wildman–Crippen MR) is 104 cm³/mol. The smallest absolute Gasteiger partial charge is 0.271 e. The Bertz CT molecular complexity index is 854. The number of imidazole rings is 1. The van der Waals surface area contributed by atoms with Crippen LogP contribution in [0.15, 0.2) is 35.6 Å². The van der Waals surface area contributed by atoms with Crippen LogP contribution < -0.4 is 10.6 Å². The molecule has 2 aromatic rings. The van der Waals surface area contributed by atoms with Crippen molar-refractivity contribution in [1.82, 2.24) is 14.9 Å². The fourth-order valence-corrected chi connectivity index (χ4v) is 3.09. The van der Waals surface area contributed by atoms with Crippen molar-refractivity contribution in [1.29, 1.82) is 0 Å². The van der Waals surface area contributed by atoms with Crippen LogP contribution in [0.1, 0.15) is 19.0 Å². The summed E-state index contributed by atoms with van der Waals surface area (Å²) in [6.07, 6.45) is 2.26. The summed E-state index contributed by atoms with van der Waals surface area (Å²) in [7, 11) is 0. The predicted octanol–water partition coefficient (Wildman–Crippen LogP) is 1.54. The highest BCUT2D eigenvalue weighted by Crippen LogP contribution is 2.21. The number of benzene rings is 1. The lowest BCUT2D eigenvalue weighted by Gasteiger charge is -2.11. The summed E-state index contributed by atoms with van der Waals surface area (Å²) in [5.74, 6) is -0.597. The Hall–Kier alpha value is -2.92. The molecule has 10 nitrogen and oxygen atoms in total. The van der Waals surface area contributed by atoms with Gasteiger partial charge < -0.3 is 20.3 Å². The molecule has 1 heterocycles. The van der Waals surface area contributed by atoms with Crippen LogP contribution in [0.5, 0.6) is 0 Å². The molecule has 0 unspecified atom stereocenters. The molecule has 0 saturated heterocycles. The Labute approximate surface area is 165 Å². The van der Waals surface area contributed by atoms with Gasteiger partial charge in [-0.25, -0.2) is 4.98 Å². The zero-order chi connectivity index (χ0) is 20.5. The topological polar surface area (TPSA) is 139 Å². The number of aliphatic hydroxyl groups excluding tert-OH is 1. The molecule has 0 atom stereocenters. The van der Waals surface area contributed by atoms with Crippen LogP contribution in [0.4, 0.5) is 11.4 Å². The lowest BCUT2D eigenvalue weighted by molar-refractivity contribution is -0.384. The van der Waals surface area contributed by atoms with Crippen LogP contribution in [0.2, 0.25) is 0 Å². The van der Waals surface area contributed by atoms with E-state index in [1.807, 2.05) is 6.92 Å². The van der Waals surface area contributed by atoms with Gasteiger partial charge in [-0.3, -0.25) is 19.7 Å². The number of nitro groups is 1.